The molecule has 0 N–H and O–H groups in total. The Morgan fingerprint density at radius 1 is 1.02 bits per heavy atom. The van der Waals surface area contributed by atoms with Gasteiger partial charge in [-0.05, 0) is 89.9 Å². The summed E-state index contributed by atoms with van der Waals surface area (Å²) in [6.07, 6.45) is 2.16. The predicted molar refractivity (Wildman–Crippen MR) is 175 cm³/mol. The molecule has 0 radical (unpaired) electrons. The Morgan fingerprint density at radius 2 is 1.77 bits per heavy atom. The number of piperazine rings is 1. The van der Waals surface area contributed by atoms with Crippen molar-refractivity contribution in [1.29, 1.82) is 0 Å². The molecule has 1 saturated heterocycles. The fraction of sp³-hybridized carbons (Fsp3) is 0.424. The monoisotopic (exact) mass is 658 g/mol. The number of fused-ring (bicyclic) bond motifs is 1. The quantitative estimate of drug-likeness (QED) is 0.309. The third kappa shape index (κ3) is 5.59. The molecular formula is C33H39BrN8O2. The van der Waals surface area contributed by atoms with Gasteiger partial charge in [-0.25, -0.2) is 19.2 Å². The molecule has 1 atom stereocenters. The Bertz CT molecular complexity index is 1770. The minimum absolute atomic E-state index is 0.0774. The summed E-state index contributed by atoms with van der Waals surface area (Å²) in [7, 11) is 0. The summed E-state index contributed by atoms with van der Waals surface area (Å²) in [5, 5.41) is 4.68. The van der Waals surface area contributed by atoms with Crippen LogP contribution < -0.4 is 10.5 Å². The molecule has 1 aromatic carbocycles. The smallest absolute Gasteiger partial charge is 0.263 e. The minimum atomic E-state index is -0.175. The second-order valence-electron chi connectivity index (χ2n) is 12.3. The van der Waals surface area contributed by atoms with E-state index in [2.05, 4.69) is 44.7 Å². The van der Waals surface area contributed by atoms with Gasteiger partial charge in [-0.2, -0.15) is 5.10 Å². The molecule has 230 valence electrons. The Kier molecular flexibility index (Phi) is 8.19. The van der Waals surface area contributed by atoms with Gasteiger partial charge in [0.05, 0.1) is 29.8 Å². The Balaban J connectivity index is 1.38. The number of carbonyl (C=O) groups excluding carboxylic acids is 1. The molecule has 0 bridgehead atoms. The summed E-state index contributed by atoms with van der Waals surface area (Å²) in [4.78, 5) is 44.4. The first-order valence-electron chi connectivity index (χ1n) is 15.2. The van der Waals surface area contributed by atoms with Crippen LogP contribution in [0.1, 0.15) is 59.3 Å². The summed E-state index contributed by atoms with van der Waals surface area (Å²) in [6, 6.07) is 11.9. The zero-order valence-electron chi connectivity index (χ0n) is 26.2. The van der Waals surface area contributed by atoms with E-state index in [0.717, 1.165) is 53.4 Å². The Hall–Kier alpha value is -3.83. The lowest BCUT2D eigenvalue weighted by Gasteiger charge is -2.37. The van der Waals surface area contributed by atoms with Gasteiger partial charge >= 0.3 is 0 Å². The lowest BCUT2D eigenvalue weighted by molar-refractivity contribution is 0.0652. The minimum Gasteiger partial charge on any atom is -0.354 e. The summed E-state index contributed by atoms with van der Waals surface area (Å²) in [5.74, 6) is 1.21. The largest absolute Gasteiger partial charge is 0.354 e. The topological polar surface area (TPSA) is 92.4 Å². The van der Waals surface area contributed by atoms with Crippen molar-refractivity contribution >= 4 is 27.7 Å². The van der Waals surface area contributed by atoms with Gasteiger partial charge in [-0.1, -0.05) is 15.9 Å². The van der Waals surface area contributed by atoms with Crippen LogP contribution in [-0.4, -0.2) is 78.3 Å². The van der Waals surface area contributed by atoms with Crippen LogP contribution in [0, 0.1) is 20.8 Å². The highest BCUT2D eigenvalue weighted by Gasteiger charge is 2.33. The highest BCUT2D eigenvalue weighted by Crippen LogP contribution is 2.26. The van der Waals surface area contributed by atoms with E-state index in [1.54, 1.807) is 15.4 Å². The molecule has 1 amide bonds. The molecule has 0 saturated carbocycles. The average molecular weight is 660 g/mol. The lowest BCUT2D eigenvalue weighted by atomic mass is 9.98. The highest BCUT2D eigenvalue weighted by molar-refractivity contribution is 9.10. The summed E-state index contributed by atoms with van der Waals surface area (Å²) in [5.41, 5.74) is 4.99. The van der Waals surface area contributed by atoms with Crippen molar-refractivity contribution in [2.75, 3.05) is 31.1 Å². The number of rotatable bonds is 5. The first-order valence-corrected chi connectivity index (χ1v) is 16.0. The number of aryl methyl sites for hydroxylation is 3. The van der Waals surface area contributed by atoms with Crippen molar-refractivity contribution in [2.24, 2.45) is 0 Å². The lowest BCUT2D eigenvalue weighted by Crippen LogP contribution is -2.49. The second kappa shape index (κ2) is 11.9. The maximum atomic E-state index is 14.3. The van der Waals surface area contributed by atoms with Crippen LogP contribution in [0.2, 0.25) is 0 Å². The first-order chi connectivity index (χ1) is 21.0. The van der Waals surface area contributed by atoms with Crippen molar-refractivity contribution in [3.63, 3.8) is 0 Å². The fourth-order valence-electron chi connectivity index (χ4n) is 6.23. The van der Waals surface area contributed by atoms with Crippen LogP contribution in [-0.2, 0) is 13.0 Å². The van der Waals surface area contributed by atoms with Gasteiger partial charge in [0.15, 0.2) is 0 Å². The number of anilines is 1. The zero-order chi connectivity index (χ0) is 31.3. The molecular weight excluding hydrogens is 620 g/mol. The highest BCUT2D eigenvalue weighted by atomic mass is 79.9. The molecule has 5 heterocycles. The van der Waals surface area contributed by atoms with Gasteiger partial charge in [-0.15, -0.1) is 0 Å². The number of carbonyl (C=O) groups is 1. The fourth-order valence-corrected chi connectivity index (χ4v) is 6.48. The van der Waals surface area contributed by atoms with Gasteiger partial charge in [-0.3, -0.25) is 14.5 Å². The molecule has 11 heteroatoms. The van der Waals surface area contributed by atoms with E-state index in [-0.39, 0.29) is 24.1 Å². The summed E-state index contributed by atoms with van der Waals surface area (Å²) in [6.45, 7) is 16.3. The van der Waals surface area contributed by atoms with Crippen molar-refractivity contribution < 1.29 is 4.79 Å². The van der Waals surface area contributed by atoms with E-state index < -0.39 is 0 Å². The molecule has 0 aliphatic carbocycles. The number of halogens is 1. The summed E-state index contributed by atoms with van der Waals surface area (Å²) >= 11 is 3.52. The molecule has 0 spiro atoms. The average Bonchev–Trinajstić information content (AvgIpc) is 3.35. The van der Waals surface area contributed by atoms with E-state index in [1.807, 2.05) is 69.0 Å². The number of amides is 1. The van der Waals surface area contributed by atoms with E-state index in [4.69, 9.17) is 9.97 Å². The number of aromatic nitrogens is 5. The number of pyridine rings is 1. The van der Waals surface area contributed by atoms with Crippen LogP contribution in [0.5, 0.6) is 0 Å². The molecule has 1 fully saturated rings. The first kappa shape index (κ1) is 30.2. The third-order valence-corrected chi connectivity index (χ3v) is 9.71. The van der Waals surface area contributed by atoms with Gasteiger partial charge in [0.25, 0.3) is 11.5 Å². The number of benzene rings is 1. The number of hydrogen-bond donors (Lipinski definition) is 0. The zero-order valence-corrected chi connectivity index (χ0v) is 27.8. The molecule has 2 aliphatic heterocycles. The van der Waals surface area contributed by atoms with Crippen LogP contribution in [0.15, 0.2) is 51.9 Å². The molecule has 2 aliphatic rings. The van der Waals surface area contributed by atoms with E-state index in [0.29, 0.717) is 40.9 Å². The molecule has 10 nitrogen and oxygen atoms in total. The Morgan fingerprint density at radius 3 is 2.39 bits per heavy atom. The predicted octanol–water partition coefficient (Wildman–Crippen LogP) is 4.62. The molecule has 4 aromatic rings. The molecule has 3 aromatic heterocycles. The van der Waals surface area contributed by atoms with Crippen LogP contribution in [0.25, 0.3) is 11.6 Å². The number of hydrogen-bond acceptors (Lipinski definition) is 7. The number of nitrogens with zero attached hydrogens (tertiary/aromatic N) is 8. The normalized spacial score (nSPS) is 17.3. The second-order valence-corrected chi connectivity index (χ2v) is 13.1. The SMILES string of the molecule is Cc1cc(C)n(-c2nc3c(c(=O)n2-c2ccc(N4CCN(C(C)C)CC4)nc2)C[C@@H](C)N(C(=O)c2ccc(Br)c(C)c2)C3)n1. The van der Waals surface area contributed by atoms with Crippen LogP contribution >= 0.6 is 15.9 Å². The molecule has 44 heavy (non-hydrogen) atoms. The van der Waals surface area contributed by atoms with Crippen LogP contribution in [0.4, 0.5) is 5.82 Å². The van der Waals surface area contributed by atoms with Crippen molar-refractivity contribution in [3.8, 4) is 11.6 Å². The molecule has 6 rings (SSSR count). The van der Waals surface area contributed by atoms with Crippen LogP contribution in [0.3, 0.4) is 0 Å². The van der Waals surface area contributed by atoms with Crippen molar-refractivity contribution in [2.45, 2.75) is 66.6 Å². The molecule has 0 unspecified atom stereocenters. The third-order valence-electron chi connectivity index (χ3n) is 8.82. The maximum Gasteiger partial charge on any atom is 0.263 e. The Labute approximate surface area is 266 Å². The van der Waals surface area contributed by atoms with Crippen molar-refractivity contribution in [3.05, 3.63) is 91.2 Å². The van der Waals surface area contributed by atoms with Gasteiger partial charge in [0.1, 0.15) is 5.82 Å². The maximum absolute atomic E-state index is 14.3. The van der Waals surface area contributed by atoms with Gasteiger partial charge in [0.2, 0.25) is 5.95 Å². The van der Waals surface area contributed by atoms with E-state index in [9.17, 15) is 9.59 Å². The van der Waals surface area contributed by atoms with Gasteiger partial charge < -0.3 is 9.80 Å². The summed E-state index contributed by atoms with van der Waals surface area (Å²) < 4.78 is 4.28. The van der Waals surface area contributed by atoms with Gasteiger partial charge in [0, 0.05) is 59.6 Å². The standard InChI is InChI=1S/C33H39BrN8O2/c1-20(2)38-11-13-39(14-12-38)30-10-8-26(18-35-30)41-32(44)27-17-23(5)40(31(43)25-7-9-28(34)21(3)15-25)19-29(27)36-33(41)42-24(6)16-22(4)37-42/h7-10,15-16,18,20,23H,11-14,17,19H2,1-6H3/t23-/m1/s1. The van der Waals surface area contributed by atoms with E-state index >= 15 is 0 Å². The van der Waals surface area contributed by atoms with Crippen molar-refractivity contribution in [1.82, 2.24) is 34.1 Å². The van der Waals surface area contributed by atoms with E-state index in [1.165, 1.54) is 0 Å².